The maximum Gasteiger partial charge on any atom is 0.292 e. The van der Waals surface area contributed by atoms with E-state index in [1.165, 1.54) is 12.1 Å². The monoisotopic (exact) mass is 337 g/mol. The number of para-hydroxylation sites is 1. The first-order chi connectivity index (χ1) is 12.1. The second-order valence-corrected chi connectivity index (χ2v) is 6.33. The molecule has 0 radical (unpaired) electrons. The predicted octanol–water partition coefficient (Wildman–Crippen LogP) is 4.33. The first kappa shape index (κ1) is 15.3. The molecule has 25 heavy (non-hydrogen) atoms. The smallest absolute Gasteiger partial charge is 0.292 e. The van der Waals surface area contributed by atoms with Crippen LogP contribution >= 0.6 is 0 Å². The van der Waals surface area contributed by atoms with Crippen LogP contribution < -0.4 is 5.32 Å². The number of benzene rings is 2. The summed E-state index contributed by atoms with van der Waals surface area (Å²) < 4.78 is 0. The van der Waals surface area contributed by atoms with E-state index in [1.807, 2.05) is 12.1 Å². The lowest BCUT2D eigenvalue weighted by atomic mass is 9.76. The SMILES string of the molecule is O=[N+]([O-])c1cccc([C@H]2Nc3c(cccc3[N+](=O)[O-])[C@@H]3C=CC[C@@H]23)c1. The molecule has 7 nitrogen and oxygen atoms in total. The maximum absolute atomic E-state index is 11.4. The molecule has 126 valence electrons. The van der Waals surface area contributed by atoms with Gasteiger partial charge in [-0.3, -0.25) is 20.2 Å². The Balaban J connectivity index is 1.83. The van der Waals surface area contributed by atoms with Crippen molar-refractivity contribution in [3.8, 4) is 0 Å². The Morgan fingerprint density at radius 1 is 1.04 bits per heavy atom. The average molecular weight is 337 g/mol. The van der Waals surface area contributed by atoms with Crippen LogP contribution in [0, 0.1) is 26.1 Å². The van der Waals surface area contributed by atoms with Crippen molar-refractivity contribution in [2.75, 3.05) is 5.32 Å². The second kappa shape index (κ2) is 5.70. The minimum Gasteiger partial charge on any atom is -0.372 e. The third-order valence-electron chi connectivity index (χ3n) is 5.01. The summed E-state index contributed by atoms with van der Waals surface area (Å²) in [6, 6.07) is 11.4. The van der Waals surface area contributed by atoms with Crippen LogP contribution in [-0.4, -0.2) is 9.85 Å². The van der Waals surface area contributed by atoms with Crippen LogP contribution in [0.1, 0.15) is 29.5 Å². The van der Waals surface area contributed by atoms with E-state index in [2.05, 4.69) is 17.5 Å². The highest BCUT2D eigenvalue weighted by Gasteiger charge is 2.40. The normalized spacial score (nSPS) is 23.4. The molecule has 1 aliphatic carbocycles. The van der Waals surface area contributed by atoms with Gasteiger partial charge in [-0.1, -0.05) is 36.4 Å². The van der Waals surface area contributed by atoms with Gasteiger partial charge in [-0.25, -0.2) is 0 Å². The summed E-state index contributed by atoms with van der Waals surface area (Å²) in [7, 11) is 0. The molecule has 0 saturated carbocycles. The van der Waals surface area contributed by atoms with Crippen molar-refractivity contribution in [1.82, 2.24) is 0 Å². The molecule has 0 aromatic heterocycles. The number of nitro groups is 2. The van der Waals surface area contributed by atoms with Crippen LogP contribution in [0.2, 0.25) is 0 Å². The molecule has 7 heteroatoms. The maximum atomic E-state index is 11.4. The second-order valence-electron chi connectivity index (χ2n) is 6.33. The van der Waals surface area contributed by atoms with E-state index in [4.69, 9.17) is 0 Å². The van der Waals surface area contributed by atoms with Gasteiger partial charge in [-0.05, 0) is 23.5 Å². The van der Waals surface area contributed by atoms with Gasteiger partial charge < -0.3 is 5.32 Å². The van der Waals surface area contributed by atoms with Gasteiger partial charge in [0.05, 0.1) is 15.9 Å². The van der Waals surface area contributed by atoms with Crippen molar-refractivity contribution in [2.24, 2.45) is 5.92 Å². The van der Waals surface area contributed by atoms with Crippen molar-refractivity contribution in [3.63, 3.8) is 0 Å². The first-order valence-electron chi connectivity index (χ1n) is 8.01. The molecule has 1 N–H and O–H groups in total. The van der Waals surface area contributed by atoms with Crippen molar-refractivity contribution in [3.05, 3.63) is 86.0 Å². The molecule has 0 bridgehead atoms. The summed E-state index contributed by atoms with van der Waals surface area (Å²) in [5.41, 5.74) is 2.25. The number of rotatable bonds is 3. The van der Waals surface area contributed by atoms with Gasteiger partial charge in [-0.15, -0.1) is 0 Å². The zero-order valence-electron chi connectivity index (χ0n) is 13.2. The van der Waals surface area contributed by atoms with E-state index in [0.717, 1.165) is 17.5 Å². The van der Waals surface area contributed by atoms with E-state index in [1.54, 1.807) is 18.2 Å². The number of non-ortho nitro benzene ring substituents is 1. The zero-order valence-corrected chi connectivity index (χ0v) is 13.2. The molecule has 0 amide bonds. The van der Waals surface area contributed by atoms with Crippen molar-refractivity contribution < 1.29 is 9.85 Å². The van der Waals surface area contributed by atoms with Gasteiger partial charge in [0, 0.05) is 24.1 Å². The van der Waals surface area contributed by atoms with Crippen LogP contribution in [0.5, 0.6) is 0 Å². The van der Waals surface area contributed by atoms with Crippen LogP contribution in [0.4, 0.5) is 17.1 Å². The highest BCUT2D eigenvalue weighted by Crippen LogP contribution is 2.52. The molecule has 1 aliphatic heterocycles. The zero-order chi connectivity index (χ0) is 17.6. The molecule has 0 unspecified atom stereocenters. The van der Waals surface area contributed by atoms with E-state index in [9.17, 15) is 20.2 Å². The summed E-state index contributed by atoms with van der Waals surface area (Å²) in [6.07, 6.45) is 4.99. The molecular weight excluding hydrogens is 322 g/mol. The van der Waals surface area contributed by atoms with Crippen molar-refractivity contribution in [2.45, 2.75) is 18.4 Å². The quantitative estimate of drug-likeness (QED) is 0.510. The van der Waals surface area contributed by atoms with Gasteiger partial charge in [-0.2, -0.15) is 0 Å². The molecule has 0 saturated heterocycles. The number of nitro benzene ring substituents is 2. The fourth-order valence-corrected chi connectivity index (χ4v) is 3.92. The Bertz CT molecular complexity index is 909. The van der Waals surface area contributed by atoms with Crippen LogP contribution in [0.15, 0.2) is 54.6 Å². The topological polar surface area (TPSA) is 98.3 Å². The number of hydrogen-bond acceptors (Lipinski definition) is 5. The number of anilines is 1. The molecule has 3 atom stereocenters. The fraction of sp³-hybridized carbons (Fsp3) is 0.222. The molecule has 4 rings (SSSR count). The van der Waals surface area contributed by atoms with Crippen molar-refractivity contribution in [1.29, 1.82) is 0 Å². The first-order valence-corrected chi connectivity index (χ1v) is 8.01. The Kier molecular flexibility index (Phi) is 3.49. The van der Waals surface area contributed by atoms with E-state index >= 15 is 0 Å². The molecule has 2 aromatic rings. The summed E-state index contributed by atoms with van der Waals surface area (Å²) in [6.45, 7) is 0. The number of allylic oxidation sites excluding steroid dienone is 2. The predicted molar refractivity (Wildman–Crippen MR) is 92.5 cm³/mol. The molecule has 0 spiro atoms. The lowest BCUT2D eigenvalue weighted by molar-refractivity contribution is -0.384. The Hall–Kier alpha value is -3.22. The van der Waals surface area contributed by atoms with Gasteiger partial charge >= 0.3 is 0 Å². The van der Waals surface area contributed by atoms with Gasteiger partial charge in [0.15, 0.2) is 0 Å². The third-order valence-corrected chi connectivity index (χ3v) is 5.01. The summed E-state index contributed by atoms with van der Waals surface area (Å²) >= 11 is 0. The minimum atomic E-state index is -0.424. The lowest BCUT2D eigenvalue weighted by Crippen LogP contribution is -2.29. The Labute approximate surface area is 143 Å². The van der Waals surface area contributed by atoms with Crippen LogP contribution in [-0.2, 0) is 0 Å². The number of nitrogens with zero attached hydrogens (tertiary/aromatic N) is 2. The highest BCUT2D eigenvalue weighted by atomic mass is 16.6. The Morgan fingerprint density at radius 3 is 2.60 bits per heavy atom. The standard InChI is InChI=1S/C18H15N3O4/c22-20(23)12-5-1-4-11(10-12)17-14-7-2-6-13(14)15-8-3-9-16(21(24)25)18(15)19-17/h1-6,8-10,13-14,17,19H,7H2/t13-,14-,17-/m1/s1. The van der Waals surface area contributed by atoms with Gasteiger partial charge in [0.1, 0.15) is 5.69 Å². The average Bonchev–Trinajstić information content (AvgIpc) is 3.10. The van der Waals surface area contributed by atoms with E-state index in [0.29, 0.717) is 5.69 Å². The Morgan fingerprint density at radius 2 is 1.84 bits per heavy atom. The minimum absolute atomic E-state index is 0.0233. The molecule has 2 aromatic carbocycles. The third kappa shape index (κ3) is 2.44. The molecule has 0 fully saturated rings. The molecular formula is C18H15N3O4. The summed E-state index contributed by atoms with van der Waals surface area (Å²) in [5, 5.41) is 25.8. The summed E-state index contributed by atoms with van der Waals surface area (Å²) in [4.78, 5) is 21.7. The molecule has 2 aliphatic rings. The number of hydrogen-bond donors (Lipinski definition) is 1. The van der Waals surface area contributed by atoms with Gasteiger partial charge in [0.2, 0.25) is 0 Å². The van der Waals surface area contributed by atoms with Crippen LogP contribution in [0.3, 0.4) is 0 Å². The summed E-state index contributed by atoms with van der Waals surface area (Å²) in [5.74, 6) is 0.247. The largest absolute Gasteiger partial charge is 0.372 e. The van der Waals surface area contributed by atoms with E-state index in [-0.39, 0.29) is 29.3 Å². The number of fused-ring (bicyclic) bond motifs is 3. The number of nitrogens with one attached hydrogen (secondary N) is 1. The highest BCUT2D eigenvalue weighted by molar-refractivity contribution is 5.71. The van der Waals surface area contributed by atoms with Crippen molar-refractivity contribution >= 4 is 17.1 Å². The van der Waals surface area contributed by atoms with Crippen LogP contribution in [0.25, 0.3) is 0 Å². The molecule has 1 heterocycles. The lowest BCUT2D eigenvalue weighted by Gasteiger charge is -2.37. The van der Waals surface area contributed by atoms with E-state index < -0.39 is 9.85 Å². The fourth-order valence-electron chi connectivity index (χ4n) is 3.92. The van der Waals surface area contributed by atoms with Gasteiger partial charge in [0.25, 0.3) is 11.4 Å².